The van der Waals surface area contributed by atoms with Crippen LogP contribution < -0.4 is 10.6 Å². The summed E-state index contributed by atoms with van der Waals surface area (Å²) in [6.45, 7) is 0.960. The molecule has 0 bridgehead atoms. The van der Waals surface area contributed by atoms with Gasteiger partial charge in [-0.15, -0.1) is 23.5 Å². The highest BCUT2D eigenvalue weighted by atomic mass is 32.2. The first-order valence-corrected chi connectivity index (χ1v) is 9.73. The fraction of sp³-hybridized carbons (Fsp3) is 0.500. The van der Waals surface area contributed by atoms with E-state index in [9.17, 15) is 9.59 Å². The Morgan fingerprint density at radius 2 is 1.64 bits per heavy atom. The summed E-state index contributed by atoms with van der Waals surface area (Å²) in [6, 6.07) is 7.85. The van der Waals surface area contributed by atoms with E-state index in [-0.39, 0.29) is 17.7 Å². The fourth-order valence-electron chi connectivity index (χ4n) is 2.30. The van der Waals surface area contributed by atoms with Crippen LogP contribution in [0.1, 0.15) is 33.3 Å². The molecule has 0 spiro atoms. The van der Waals surface area contributed by atoms with Gasteiger partial charge in [0.15, 0.2) is 0 Å². The van der Waals surface area contributed by atoms with Crippen molar-refractivity contribution in [2.75, 3.05) is 24.6 Å². The van der Waals surface area contributed by atoms with Crippen molar-refractivity contribution in [3.8, 4) is 0 Å². The number of carbonyl (C=O) groups excluding carboxylic acids is 2. The Labute approximate surface area is 139 Å². The van der Waals surface area contributed by atoms with Crippen LogP contribution in [0.4, 0.5) is 0 Å². The molecule has 1 saturated heterocycles. The Balaban J connectivity index is 1.42. The molecular formula is C16H20N2O2S2. The maximum Gasteiger partial charge on any atom is 0.251 e. The third-order valence-electron chi connectivity index (χ3n) is 3.72. The Morgan fingerprint density at radius 1 is 1.00 bits per heavy atom. The van der Waals surface area contributed by atoms with E-state index in [1.807, 2.05) is 47.8 Å². The van der Waals surface area contributed by atoms with Crippen LogP contribution >= 0.6 is 23.5 Å². The first-order valence-electron chi connectivity index (χ1n) is 7.63. The average molecular weight is 336 g/mol. The molecule has 118 valence electrons. The van der Waals surface area contributed by atoms with E-state index in [2.05, 4.69) is 10.6 Å². The third kappa shape index (κ3) is 4.20. The summed E-state index contributed by atoms with van der Waals surface area (Å²) in [5.41, 5.74) is 1.95. The minimum Gasteiger partial charge on any atom is -0.354 e. The van der Waals surface area contributed by atoms with Gasteiger partial charge in [0.25, 0.3) is 5.91 Å². The molecule has 22 heavy (non-hydrogen) atoms. The number of nitrogens with one attached hydrogen (secondary N) is 2. The van der Waals surface area contributed by atoms with Crippen LogP contribution in [0.25, 0.3) is 0 Å². The lowest BCUT2D eigenvalue weighted by molar-refractivity contribution is -0.122. The second-order valence-electron chi connectivity index (χ2n) is 5.52. The summed E-state index contributed by atoms with van der Waals surface area (Å²) in [7, 11) is 0. The normalized spacial score (nSPS) is 18.2. The smallest absolute Gasteiger partial charge is 0.251 e. The van der Waals surface area contributed by atoms with Gasteiger partial charge >= 0.3 is 0 Å². The zero-order valence-electron chi connectivity index (χ0n) is 12.3. The molecule has 1 aromatic rings. The van der Waals surface area contributed by atoms with E-state index in [4.69, 9.17) is 0 Å². The van der Waals surface area contributed by atoms with Gasteiger partial charge in [0, 0.05) is 36.1 Å². The zero-order valence-corrected chi connectivity index (χ0v) is 14.0. The molecule has 2 N–H and O–H groups in total. The number of hydrogen-bond donors (Lipinski definition) is 2. The average Bonchev–Trinajstić information content (AvgIpc) is 3.26. The van der Waals surface area contributed by atoms with E-state index in [0.29, 0.717) is 23.2 Å². The zero-order chi connectivity index (χ0) is 15.4. The van der Waals surface area contributed by atoms with Crippen LogP contribution in [-0.2, 0) is 4.79 Å². The largest absolute Gasteiger partial charge is 0.354 e. The topological polar surface area (TPSA) is 58.2 Å². The van der Waals surface area contributed by atoms with E-state index in [1.54, 1.807) is 0 Å². The molecule has 1 aliphatic heterocycles. The highest BCUT2D eigenvalue weighted by molar-refractivity contribution is 8.19. The number of benzene rings is 1. The lowest BCUT2D eigenvalue weighted by Crippen LogP contribution is -2.35. The summed E-state index contributed by atoms with van der Waals surface area (Å²) in [5.74, 6) is 2.65. The molecule has 3 rings (SSSR count). The molecule has 1 saturated carbocycles. The molecule has 6 heteroatoms. The van der Waals surface area contributed by atoms with E-state index < -0.39 is 0 Å². The van der Waals surface area contributed by atoms with Crippen LogP contribution in [0, 0.1) is 5.92 Å². The lowest BCUT2D eigenvalue weighted by atomic mass is 10.1. The predicted molar refractivity (Wildman–Crippen MR) is 92.2 cm³/mol. The highest BCUT2D eigenvalue weighted by Crippen LogP contribution is 2.45. The van der Waals surface area contributed by atoms with Crippen LogP contribution in [0.5, 0.6) is 0 Å². The summed E-state index contributed by atoms with van der Waals surface area (Å²) >= 11 is 3.92. The van der Waals surface area contributed by atoms with Gasteiger partial charge in [0.05, 0.1) is 4.58 Å². The van der Waals surface area contributed by atoms with E-state index >= 15 is 0 Å². The quantitative estimate of drug-likeness (QED) is 0.784. The maximum absolute atomic E-state index is 12.0. The maximum atomic E-state index is 12.0. The Bertz CT molecular complexity index is 538. The summed E-state index contributed by atoms with van der Waals surface area (Å²) in [4.78, 5) is 23.5. The molecule has 0 atom stereocenters. The minimum atomic E-state index is -0.0843. The first kappa shape index (κ1) is 15.7. The van der Waals surface area contributed by atoms with Gasteiger partial charge in [-0.25, -0.2) is 0 Å². The summed E-state index contributed by atoms with van der Waals surface area (Å²) < 4.78 is 0.509. The molecule has 0 aromatic heterocycles. The minimum absolute atomic E-state index is 0.0843. The van der Waals surface area contributed by atoms with Gasteiger partial charge in [-0.2, -0.15) is 0 Å². The van der Waals surface area contributed by atoms with Crippen molar-refractivity contribution in [2.45, 2.75) is 17.4 Å². The fourth-order valence-corrected chi connectivity index (χ4v) is 5.16. The van der Waals surface area contributed by atoms with Crippen LogP contribution in [-0.4, -0.2) is 36.4 Å². The highest BCUT2D eigenvalue weighted by Gasteiger charge is 2.29. The van der Waals surface area contributed by atoms with Crippen molar-refractivity contribution in [3.63, 3.8) is 0 Å². The van der Waals surface area contributed by atoms with Crippen molar-refractivity contribution >= 4 is 35.3 Å². The number of hydrogen-bond acceptors (Lipinski definition) is 4. The van der Waals surface area contributed by atoms with Gasteiger partial charge < -0.3 is 10.6 Å². The second kappa shape index (κ2) is 7.42. The van der Waals surface area contributed by atoms with Gasteiger partial charge in [-0.05, 0) is 30.5 Å². The summed E-state index contributed by atoms with van der Waals surface area (Å²) in [6.07, 6.45) is 2.00. The van der Waals surface area contributed by atoms with Gasteiger partial charge in [-0.1, -0.05) is 12.1 Å². The van der Waals surface area contributed by atoms with Crippen LogP contribution in [0.2, 0.25) is 0 Å². The lowest BCUT2D eigenvalue weighted by Gasteiger charge is -2.10. The third-order valence-corrected chi connectivity index (χ3v) is 6.83. The second-order valence-corrected chi connectivity index (χ2v) is 8.24. The standard InChI is InChI=1S/C16H20N2O2S2/c19-14(11-1-2-11)17-7-8-18-15(20)12-3-5-13(6-4-12)16-21-9-10-22-16/h3-6,11,16H,1-2,7-10H2,(H,17,19)(H,18,20). The van der Waals surface area contributed by atoms with Crippen molar-refractivity contribution in [1.82, 2.24) is 10.6 Å². The van der Waals surface area contributed by atoms with Crippen molar-refractivity contribution in [2.24, 2.45) is 5.92 Å². The predicted octanol–water partition coefficient (Wildman–Crippen LogP) is 2.42. The van der Waals surface area contributed by atoms with Gasteiger partial charge in [0.1, 0.15) is 0 Å². The Hall–Kier alpha value is -1.14. The number of carbonyl (C=O) groups is 2. The Morgan fingerprint density at radius 3 is 2.27 bits per heavy atom. The van der Waals surface area contributed by atoms with Gasteiger partial charge in [0.2, 0.25) is 5.91 Å². The van der Waals surface area contributed by atoms with Crippen LogP contribution in [0.3, 0.4) is 0 Å². The number of thioether (sulfide) groups is 2. The monoisotopic (exact) mass is 336 g/mol. The van der Waals surface area contributed by atoms with Crippen LogP contribution in [0.15, 0.2) is 24.3 Å². The molecule has 1 heterocycles. The van der Waals surface area contributed by atoms with Gasteiger partial charge in [-0.3, -0.25) is 9.59 Å². The van der Waals surface area contributed by atoms with E-state index in [1.165, 1.54) is 17.1 Å². The molecule has 2 amide bonds. The first-order chi connectivity index (χ1) is 10.7. The molecular weight excluding hydrogens is 316 g/mol. The summed E-state index contributed by atoms with van der Waals surface area (Å²) in [5, 5.41) is 5.68. The van der Waals surface area contributed by atoms with Crippen molar-refractivity contribution in [3.05, 3.63) is 35.4 Å². The molecule has 4 nitrogen and oxygen atoms in total. The van der Waals surface area contributed by atoms with Crippen molar-refractivity contribution in [1.29, 1.82) is 0 Å². The SMILES string of the molecule is O=C(NCCNC(=O)C1CC1)c1ccc(C2SCCS2)cc1. The molecule has 1 aromatic carbocycles. The molecule has 1 aliphatic carbocycles. The number of rotatable bonds is 6. The molecule has 0 radical (unpaired) electrons. The number of amides is 2. The van der Waals surface area contributed by atoms with Crippen molar-refractivity contribution < 1.29 is 9.59 Å². The molecule has 0 unspecified atom stereocenters. The molecule has 2 fully saturated rings. The van der Waals surface area contributed by atoms with E-state index in [0.717, 1.165) is 12.8 Å². The molecule has 2 aliphatic rings. The Kier molecular flexibility index (Phi) is 5.31.